The first-order valence-electron chi connectivity index (χ1n) is 8.49. The van der Waals surface area contributed by atoms with Gasteiger partial charge in [-0.25, -0.2) is 17.1 Å². The van der Waals surface area contributed by atoms with Crippen molar-refractivity contribution in [2.45, 2.75) is 25.3 Å². The van der Waals surface area contributed by atoms with E-state index in [1.165, 1.54) is 26.2 Å². The monoisotopic (exact) mass is 371 g/mol. The van der Waals surface area contributed by atoms with Crippen LogP contribution < -0.4 is 5.32 Å². The molecular formula is C17H26FN3O3S. The fourth-order valence-electron chi connectivity index (χ4n) is 2.93. The first-order chi connectivity index (χ1) is 11.8. The van der Waals surface area contributed by atoms with Gasteiger partial charge in [-0.3, -0.25) is 9.69 Å². The summed E-state index contributed by atoms with van der Waals surface area (Å²) in [6.45, 7) is 1.64. The van der Waals surface area contributed by atoms with E-state index in [1.807, 2.05) is 0 Å². The Morgan fingerprint density at radius 1 is 1.20 bits per heavy atom. The molecule has 6 nitrogen and oxygen atoms in total. The minimum atomic E-state index is -3.36. The number of sulfonamides is 1. The number of likely N-dealkylation sites (tertiary alicyclic amines) is 1. The van der Waals surface area contributed by atoms with Crippen molar-refractivity contribution in [3.05, 3.63) is 35.6 Å². The van der Waals surface area contributed by atoms with Gasteiger partial charge in [0.05, 0.1) is 5.75 Å². The van der Waals surface area contributed by atoms with Crippen molar-refractivity contribution in [2.24, 2.45) is 0 Å². The lowest BCUT2D eigenvalue weighted by Gasteiger charge is -2.34. The highest BCUT2D eigenvalue weighted by molar-refractivity contribution is 7.89. The zero-order chi connectivity index (χ0) is 18.4. The van der Waals surface area contributed by atoms with Crippen LogP contribution in [0.4, 0.5) is 4.39 Å². The third-order valence-electron chi connectivity index (χ3n) is 4.41. The summed E-state index contributed by atoms with van der Waals surface area (Å²) in [5.74, 6) is -0.747. The molecule has 1 fully saturated rings. The smallest absolute Gasteiger partial charge is 0.241 e. The van der Waals surface area contributed by atoms with E-state index < -0.39 is 16.1 Å². The molecule has 0 spiro atoms. The molecule has 0 aliphatic carbocycles. The number of nitrogens with one attached hydrogen (secondary N) is 1. The van der Waals surface area contributed by atoms with Gasteiger partial charge in [0, 0.05) is 20.6 Å². The van der Waals surface area contributed by atoms with Crippen LogP contribution in [-0.4, -0.2) is 63.0 Å². The van der Waals surface area contributed by atoms with Crippen LogP contribution >= 0.6 is 0 Å². The molecule has 1 aliphatic rings. The second kappa shape index (κ2) is 8.73. The fourth-order valence-corrected chi connectivity index (χ4v) is 3.66. The molecule has 1 heterocycles. The highest BCUT2D eigenvalue weighted by Crippen LogP contribution is 2.25. The van der Waals surface area contributed by atoms with Gasteiger partial charge < -0.3 is 5.32 Å². The molecule has 1 saturated heterocycles. The van der Waals surface area contributed by atoms with Gasteiger partial charge >= 0.3 is 0 Å². The summed E-state index contributed by atoms with van der Waals surface area (Å²) in [7, 11) is -0.430. The summed E-state index contributed by atoms with van der Waals surface area (Å²) in [6, 6.07) is 5.39. The predicted octanol–water partition coefficient (Wildman–Crippen LogP) is 1.36. The Hall–Kier alpha value is -1.51. The van der Waals surface area contributed by atoms with E-state index in [-0.39, 0.29) is 24.0 Å². The Bertz CT molecular complexity index is 671. The van der Waals surface area contributed by atoms with Crippen molar-refractivity contribution in [3.63, 3.8) is 0 Å². The maximum Gasteiger partial charge on any atom is 0.241 e. The molecule has 1 N–H and O–H groups in total. The Morgan fingerprint density at radius 2 is 1.80 bits per heavy atom. The van der Waals surface area contributed by atoms with Crippen LogP contribution in [0.1, 0.15) is 30.9 Å². The van der Waals surface area contributed by atoms with E-state index in [4.69, 9.17) is 0 Å². The van der Waals surface area contributed by atoms with Gasteiger partial charge in [-0.1, -0.05) is 18.6 Å². The quantitative estimate of drug-likeness (QED) is 0.786. The molecule has 1 aliphatic heterocycles. The summed E-state index contributed by atoms with van der Waals surface area (Å²) >= 11 is 0. The number of carbonyl (C=O) groups is 1. The standard InChI is InChI=1S/C17H26FN3O3S/c1-20(2)25(23,24)13-10-19-17(22)16(21-11-4-3-5-12-21)14-6-8-15(18)9-7-14/h6-9,16H,3-5,10-13H2,1-2H3,(H,19,22). The molecule has 2 rings (SSSR count). The van der Waals surface area contributed by atoms with E-state index >= 15 is 0 Å². The highest BCUT2D eigenvalue weighted by atomic mass is 32.2. The molecule has 1 unspecified atom stereocenters. The molecule has 1 atom stereocenters. The molecule has 0 radical (unpaired) electrons. The number of piperidine rings is 1. The molecule has 0 aromatic heterocycles. The van der Waals surface area contributed by atoms with Crippen LogP contribution in [0, 0.1) is 5.82 Å². The fraction of sp³-hybridized carbons (Fsp3) is 0.588. The van der Waals surface area contributed by atoms with Crippen molar-refractivity contribution in [1.29, 1.82) is 0 Å². The number of benzene rings is 1. The first-order valence-corrected chi connectivity index (χ1v) is 10.1. The van der Waals surface area contributed by atoms with Crippen LogP contribution in [-0.2, 0) is 14.8 Å². The number of rotatable bonds is 7. The third-order valence-corrected chi connectivity index (χ3v) is 6.24. The van der Waals surface area contributed by atoms with E-state index in [0.717, 1.165) is 42.2 Å². The SMILES string of the molecule is CN(C)S(=O)(=O)CCNC(=O)C(c1ccc(F)cc1)N1CCCCC1. The second-order valence-corrected chi connectivity index (χ2v) is 8.74. The lowest BCUT2D eigenvalue weighted by Crippen LogP contribution is -2.44. The molecule has 1 amide bonds. The molecule has 25 heavy (non-hydrogen) atoms. The summed E-state index contributed by atoms with van der Waals surface area (Å²) in [5, 5.41) is 2.72. The van der Waals surface area contributed by atoms with Gasteiger partial charge in [-0.05, 0) is 43.6 Å². The van der Waals surface area contributed by atoms with Gasteiger partial charge in [0.2, 0.25) is 15.9 Å². The number of nitrogens with zero attached hydrogens (tertiary/aromatic N) is 2. The summed E-state index contributed by atoms with van der Waals surface area (Å²) < 4.78 is 38.0. The van der Waals surface area contributed by atoms with E-state index in [9.17, 15) is 17.6 Å². The number of halogens is 1. The van der Waals surface area contributed by atoms with Gasteiger partial charge in [0.25, 0.3) is 0 Å². The van der Waals surface area contributed by atoms with Gasteiger partial charge in [-0.15, -0.1) is 0 Å². The number of hydrogen-bond donors (Lipinski definition) is 1. The number of amides is 1. The molecule has 140 valence electrons. The van der Waals surface area contributed by atoms with Crippen molar-refractivity contribution >= 4 is 15.9 Å². The van der Waals surface area contributed by atoms with E-state index in [1.54, 1.807) is 12.1 Å². The Balaban J connectivity index is 2.09. The summed E-state index contributed by atoms with van der Waals surface area (Å²) in [5.41, 5.74) is 0.719. The molecule has 0 saturated carbocycles. The zero-order valence-corrected chi connectivity index (χ0v) is 15.6. The largest absolute Gasteiger partial charge is 0.353 e. The average molecular weight is 371 g/mol. The normalized spacial score (nSPS) is 17.4. The molecule has 8 heteroatoms. The lowest BCUT2D eigenvalue weighted by molar-refractivity contribution is -0.127. The Morgan fingerprint density at radius 3 is 2.36 bits per heavy atom. The Labute approximate surface area is 149 Å². The lowest BCUT2D eigenvalue weighted by atomic mass is 10.0. The molecule has 0 bridgehead atoms. The molecular weight excluding hydrogens is 345 g/mol. The maximum atomic E-state index is 13.2. The van der Waals surface area contributed by atoms with E-state index in [2.05, 4.69) is 10.2 Å². The van der Waals surface area contributed by atoms with Crippen LogP contribution in [0.3, 0.4) is 0 Å². The van der Waals surface area contributed by atoms with Crippen LogP contribution in [0.2, 0.25) is 0 Å². The van der Waals surface area contributed by atoms with Crippen molar-refractivity contribution in [2.75, 3.05) is 39.5 Å². The predicted molar refractivity (Wildman–Crippen MR) is 95.0 cm³/mol. The first kappa shape index (κ1) is 19.8. The van der Waals surface area contributed by atoms with Crippen molar-refractivity contribution in [3.8, 4) is 0 Å². The Kier molecular flexibility index (Phi) is 6.92. The number of hydrogen-bond acceptors (Lipinski definition) is 4. The summed E-state index contributed by atoms with van der Waals surface area (Å²) in [6.07, 6.45) is 3.16. The maximum absolute atomic E-state index is 13.2. The van der Waals surface area contributed by atoms with Gasteiger partial charge in [0.15, 0.2) is 0 Å². The van der Waals surface area contributed by atoms with Crippen LogP contribution in [0.25, 0.3) is 0 Å². The number of carbonyl (C=O) groups excluding carboxylic acids is 1. The highest BCUT2D eigenvalue weighted by Gasteiger charge is 2.29. The van der Waals surface area contributed by atoms with Crippen molar-refractivity contribution in [1.82, 2.24) is 14.5 Å². The zero-order valence-electron chi connectivity index (χ0n) is 14.7. The van der Waals surface area contributed by atoms with Crippen molar-refractivity contribution < 1.29 is 17.6 Å². The molecule has 1 aromatic carbocycles. The minimum absolute atomic E-state index is 0.0465. The minimum Gasteiger partial charge on any atom is -0.353 e. The summed E-state index contributed by atoms with van der Waals surface area (Å²) in [4.78, 5) is 14.8. The second-order valence-electron chi connectivity index (χ2n) is 6.44. The topological polar surface area (TPSA) is 69.7 Å². The van der Waals surface area contributed by atoms with Crippen LogP contribution in [0.15, 0.2) is 24.3 Å². The molecule has 1 aromatic rings. The van der Waals surface area contributed by atoms with E-state index in [0.29, 0.717) is 0 Å². The average Bonchev–Trinajstić information content (AvgIpc) is 2.57. The third kappa shape index (κ3) is 5.49. The van der Waals surface area contributed by atoms with Crippen LogP contribution in [0.5, 0.6) is 0 Å². The van der Waals surface area contributed by atoms with Gasteiger partial charge in [0.1, 0.15) is 11.9 Å². The van der Waals surface area contributed by atoms with Gasteiger partial charge in [-0.2, -0.15) is 0 Å².